The van der Waals surface area contributed by atoms with E-state index in [0.29, 0.717) is 17.1 Å². The highest BCUT2D eigenvalue weighted by molar-refractivity contribution is 7.92. The Hall–Kier alpha value is -2.54. The molecule has 0 saturated carbocycles. The zero-order chi connectivity index (χ0) is 20.2. The Morgan fingerprint density at radius 1 is 1.11 bits per heavy atom. The molecule has 0 radical (unpaired) electrons. The van der Waals surface area contributed by atoms with E-state index in [2.05, 4.69) is 5.32 Å². The maximum atomic E-state index is 12.4. The Morgan fingerprint density at radius 3 is 2.26 bits per heavy atom. The van der Waals surface area contributed by atoms with Gasteiger partial charge in [-0.1, -0.05) is 17.7 Å². The Kier molecular flexibility index (Phi) is 6.49. The smallest absolute Gasteiger partial charge is 0.245 e. The quantitative estimate of drug-likeness (QED) is 0.785. The van der Waals surface area contributed by atoms with Crippen LogP contribution in [0.3, 0.4) is 0 Å². The first kappa shape index (κ1) is 20.8. The van der Waals surface area contributed by atoms with Crippen molar-refractivity contribution in [3.05, 3.63) is 53.6 Å². The number of carbonyl (C=O) groups is 1. The van der Waals surface area contributed by atoms with Gasteiger partial charge < -0.3 is 10.1 Å². The SMILES string of the molecule is Cc1ccc(N(CC(=O)Nc2ccc(OC(C)C)cc2)S(C)(=O)=O)c(C)c1. The van der Waals surface area contributed by atoms with E-state index in [-0.39, 0.29) is 12.6 Å². The van der Waals surface area contributed by atoms with Crippen molar-refractivity contribution >= 4 is 27.3 Å². The topological polar surface area (TPSA) is 75.7 Å². The molecule has 7 heteroatoms. The van der Waals surface area contributed by atoms with Gasteiger partial charge in [-0.2, -0.15) is 0 Å². The van der Waals surface area contributed by atoms with Gasteiger partial charge in [-0.25, -0.2) is 8.42 Å². The number of ether oxygens (including phenoxy) is 1. The average molecular weight is 391 g/mol. The summed E-state index contributed by atoms with van der Waals surface area (Å²) in [5.74, 6) is 0.286. The van der Waals surface area contributed by atoms with Crippen molar-refractivity contribution in [2.24, 2.45) is 0 Å². The summed E-state index contributed by atoms with van der Waals surface area (Å²) in [6.45, 7) is 7.32. The number of carbonyl (C=O) groups excluding carboxylic acids is 1. The molecule has 2 aromatic rings. The summed E-state index contributed by atoms with van der Waals surface area (Å²) < 4.78 is 31.1. The molecule has 0 spiro atoms. The average Bonchev–Trinajstić information content (AvgIpc) is 2.54. The van der Waals surface area contributed by atoms with E-state index in [9.17, 15) is 13.2 Å². The van der Waals surface area contributed by atoms with Gasteiger partial charge in [-0.15, -0.1) is 0 Å². The molecular formula is C20H26N2O4S. The normalized spacial score (nSPS) is 11.3. The maximum Gasteiger partial charge on any atom is 0.245 e. The summed E-state index contributed by atoms with van der Waals surface area (Å²) in [6.07, 6.45) is 1.16. The van der Waals surface area contributed by atoms with Crippen LogP contribution >= 0.6 is 0 Å². The lowest BCUT2D eigenvalue weighted by molar-refractivity contribution is -0.114. The lowest BCUT2D eigenvalue weighted by atomic mass is 10.1. The summed E-state index contributed by atoms with van der Waals surface area (Å²) in [7, 11) is -3.61. The number of aryl methyl sites for hydroxylation is 2. The zero-order valence-electron chi connectivity index (χ0n) is 16.3. The van der Waals surface area contributed by atoms with Crippen LogP contribution in [0.4, 0.5) is 11.4 Å². The van der Waals surface area contributed by atoms with E-state index in [4.69, 9.17) is 4.74 Å². The largest absolute Gasteiger partial charge is 0.491 e. The molecule has 6 nitrogen and oxygen atoms in total. The third-order valence-electron chi connectivity index (χ3n) is 3.82. The number of rotatable bonds is 7. The summed E-state index contributed by atoms with van der Waals surface area (Å²) >= 11 is 0. The number of anilines is 2. The number of sulfonamides is 1. The minimum Gasteiger partial charge on any atom is -0.491 e. The fourth-order valence-electron chi connectivity index (χ4n) is 2.69. The second kappa shape index (κ2) is 8.43. The summed E-state index contributed by atoms with van der Waals surface area (Å²) in [6, 6.07) is 12.4. The molecule has 0 atom stereocenters. The van der Waals surface area contributed by atoms with Crippen LogP contribution in [0.25, 0.3) is 0 Å². The van der Waals surface area contributed by atoms with Gasteiger partial charge in [0.05, 0.1) is 18.0 Å². The van der Waals surface area contributed by atoms with E-state index in [1.54, 1.807) is 30.3 Å². The van der Waals surface area contributed by atoms with Gasteiger partial charge in [0.25, 0.3) is 0 Å². The fraction of sp³-hybridized carbons (Fsp3) is 0.350. The van der Waals surface area contributed by atoms with Crippen molar-refractivity contribution in [3.63, 3.8) is 0 Å². The summed E-state index contributed by atoms with van der Waals surface area (Å²) in [5.41, 5.74) is 2.89. The summed E-state index contributed by atoms with van der Waals surface area (Å²) in [4.78, 5) is 12.4. The minimum absolute atomic E-state index is 0.0616. The number of nitrogens with one attached hydrogen (secondary N) is 1. The predicted molar refractivity (Wildman–Crippen MR) is 109 cm³/mol. The van der Waals surface area contributed by atoms with Crippen LogP contribution in [0.1, 0.15) is 25.0 Å². The van der Waals surface area contributed by atoms with Crippen LogP contribution in [0, 0.1) is 13.8 Å². The van der Waals surface area contributed by atoms with Gasteiger partial charge in [-0.05, 0) is 63.6 Å². The lowest BCUT2D eigenvalue weighted by Crippen LogP contribution is -2.37. The molecule has 2 rings (SSSR count). The van der Waals surface area contributed by atoms with Crippen LogP contribution in [0.15, 0.2) is 42.5 Å². The monoisotopic (exact) mass is 390 g/mol. The predicted octanol–water partition coefficient (Wildman–Crippen LogP) is 3.50. The molecule has 27 heavy (non-hydrogen) atoms. The standard InChI is InChI=1S/C20H26N2O4S/c1-14(2)26-18-9-7-17(8-10-18)21-20(23)13-22(27(5,24)25)19-11-6-15(3)12-16(19)4/h6-12,14H,13H2,1-5H3,(H,21,23). The van der Waals surface area contributed by atoms with Gasteiger partial charge >= 0.3 is 0 Å². The zero-order valence-corrected chi connectivity index (χ0v) is 17.1. The van der Waals surface area contributed by atoms with E-state index in [0.717, 1.165) is 21.7 Å². The molecule has 1 amide bonds. The fourth-order valence-corrected chi connectivity index (χ4v) is 3.60. The Balaban J connectivity index is 2.15. The van der Waals surface area contributed by atoms with E-state index < -0.39 is 15.9 Å². The third-order valence-corrected chi connectivity index (χ3v) is 4.94. The van der Waals surface area contributed by atoms with E-state index in [1.807, 2.05) is 39.8 Å². The molecule has 146 valence electrons. The molecule has 0 aliphatic carbocycles. The van der Waals surface area contributed by atoms with Crippen molar-refractivity contribution in [3.8, 4) is 5.75 Å². The lowest BCUT2D eigenvalue weighted by Gasteiger charge is -2.24. The number of hydrogen-bond donors (Lipinski definition) is 1. The van der Waals surface area contributed by atoms with E-state index in [1.165, 1.54) is 0 Å². The van der Waals surface area contributed by atoms with Gasteiger partial charge in [0.15, 0.2) is 0 Å². The number of nitrogens with zero attached hydrogens (tertiary/aromatic N) is 1. The van der Waals surface area contributed by atoms with E-state index >= 15 is 0 Å². The molecule has 0 aromatic heterocycles. The Morgan fingerprint density at radius 2 is 1.74 bits per heavy atom. The first-order valence-corrected chi connectivity index (χ1v) is 10.5. The third kappa shape index (κ3) is 5.99. The van der Waals surface area contributed by atoms with Crippen molar-refractivity contribution in [1.29, 1.82) is 0 Å². The van der Waals surface area contributed by atoms with Gasteiger partial charge in [-0.3, -0.25) is 9.10 Å². The summed E-state index contributed by atoms with van der Waals surface area (Å²) in [5, 5.41) is 2.73. The first-order valence-electron chi connectivity index (χ1n) is 8.68. The highest BCUT2D eigenvalue weighted by atomic mass is 32.2. The van der Waals surface area contributed by atoms with Gasteiger partial charge in [0, 0.05) is 5.69 Å². The molecule has 0 bridgehead atoms. The molecule has 0 unspecified atom stereocenters. The Labute approximate surface area is 161 Å². The van der Waals surface area contributed by atoms with Crippen molar-refractivity contribution < 1.29 is 17.9 Å². The highest BCUT2D eigenvalue weighted by Gasteiger charge is 2.22. The van der Waals surface area contributed by atoms with Crippen LogP contribution in [0.5, 0.6) is 5.75 Å². The number of hydrogen-bond acceptors (Lipinski definition) is 4. The number of benzene rings is 2. The van der Waals surface area contributed by atoms with Crippen LogP contribution in [-0.2, 0) is 14.8 Å². The molecule has 0 aliphatic heterocycles. The van der Waals surface area contributed by atoms with Crippen LogP contribution in [0.2, 0.25) is 0 Å². The minimum atomic E-state index is -3.61. The molecule has 0 aliphatic rings. The molecule has 0 fully saturated rings. The van der Waals surface area contributed by atoms with Crippen molar-refractivity contribution in [1.82, 2.24) is 0 Å². The van der Waals surface area contributed by atoms with Gasteiger partial charge in [0.2, 0.25) is 15.9 Å². The molecule has 0 heterocycles. The maximum absolute atomic E-state index is 12.4. The first-order chi connectivity index (χ1) is 12.6. The Bertz CT molecular complexity index is 906. The van der Waals surface area contributed by atoms with Crippen molar-refractivity contribution in [2.75, 3.05) is 22.4 Å². The molecule has 0 saturated heterocycles. The van der Waals surface area contributed by atoms with Crippen LogP contribution in [-0.4, -0.2) is 33.2 Å². The molecular weight excluding hydrogens is 364 g/mol. The highest BCUT2D eigenvalue weighted by Crippen LogP contribution is 2.24. The van der Waals surface area contributed by atoms with Gasteiger partial charge in [0.1, 0.15) is 12.3 Å². The van der Waals surface area contributed by atoms with Crippen molar-refractivity contribution in [2.45, 2.75) is 33.8 Å². The molecule has 1 N–H and O–H groups in total. The molecule has 2 aromatic carbocycles. The second-order valence-corrected chi connectivity index (χ2v) is 8.71. The van der Waals surface area contributed by atoms with Crippen LogP contribution < -0.4 is 14.4 Å². The number of amides is 1. The second-order valence-electron chi connectivity index (χ2n) is 6.80.